The number of hydrogen-bond donors (Lipinski definition) is 2. The van der Waals surface area contributed by atoms with E-state index >= 15 is 0 Å². The van der Waals surface area contributed by atoms with Gasteiger partial charge in [0, 0.05) is 23.2 Å². The van der Waals surface area contributed by atoms with Crippen LogP contribution in [-0.4, -0.2) is 0 Å². The van der Waals surface area contributed by atoms with Gasteiger partial charge in [-0.25, -0.2) is 0 Å². The maximum atomic E-state index is 6.36. The normalized spacial score (nSPS) is 13.0. The number of nitrogens with two attached hydrogens (primary N) is 2. The van der Waals surface area contributed by atoms with Crippen molar-refractivity contribution < 1.29 is 0 Å². The molecule has 0 amide bonds. The minimum Gasteiger partial charge on any atom is -0.399 e. The fraction of sp³-hybridized carbons (Fsp3) is 0.163. The van der Waals surface area contributed by atoms with Crippen molar-refractivity contribution in [2.75, 3.05) is 11.5 Å². The van der Waals surface area contributed by atoms with Crippen LogP contribution in [0.5, 0.6) is 0 Å². The van der Waals surface area contributed by atoms with Gasteiger partial charge >= 0.3 is 0 Å². The predicted molar refractivity (Wildman–Crippen MR) is 191 cm³/mol. The van der Waals surface area contributed by atoms with Crippen LogP contribution in [0.3, 0.4) is 0 Å². The lowest BCUT2D eigenvalue weighted by atomic mass is 9.86. The van der Waals surface area contributed by atoms with Crippen LogP contribution >= 0.6 is 0 Å². The lowest BCUT2D eigenvalue weighted by Crippen LogP contribution is -2.05. The molecule has 0 unspecified atom stereocenters. The number of anilines is 2. The number of hydrogen-bond acceptors (Lipinski definition) is 2. The van der Waals surface area contributed by atoms with Crippen LogP contribution in [0.1, 0.15) is 75.8 Å². The summed E-state index contributed by atoms with van der Waals surface area (Å²) < 4.78 is 0. The molecule has 2 heteroatoms. The standard InChI is InChI=1S/C23H23N.C20H17N/c1-3-15-13-17(14-16(4-2)23(15)24)22-20-11-7-5-9-18(20)19-10-6-8-12-21(19)22;1-13-12-14(10-11-19(13)21)20-17-8-4-2-6-15(17)16-7-3-5-9-18(16)20/h5-14,22H,3-4,24H2,1-2H3;2-12,20H,21H2,1H3. The van der Waals surface area contributed by atoms with Gasteiger partial charge in [-0.15, -0.1) is 0 Å². The second-order valence-corrected chi connectivity index (χ2v) is 12.3. The Morgan fingerprint density at radius 1 is 0.467 bits per heavy atom. The molecule has 0 bridgehead atoms. The van der Waals surface area contributed by atoms with Crippen molar-refractivity contribution in [3.63, 3.8) is 0 Å². The van der Waals surface area contributed by atoms with Crippen molar-refractivity contribution in [2.24, 2.45) is 0 Å². The Balaban J connectivity index is 0.000000146. The van der Waals surface area contributed by atoms with Gasteiger partial charge in [0.15, 0.2) is 0 Å². The summed E-state index contributed by atoms with van der Waals surface area (Å²) in [5.74, 6) is 0.630. The quantitative estimate of drug-likeness (QED) is 0.202. The molecule has 2 aliphatic carbocycles. The van der Waals surface area contributed by atoms with Crippen LogP contribution in [0.25, 0.3) is 22.3 Å². The highest BCUT2D eigenvalue weighted by Gasteiger charge is 2.31. The molecule has 45 heavy (non-hydrogen) atoms. The minimum absolute atomic E-state index is 0.314. The van der Waals surface area contributed by atoms with Gasteiger partial charge in [0.2, 0.25) is 0 Å². The zero-order valence-corrected chi connectivity index (χ0v) is 26.3. The van der Waals surface area contributed by atoms with Crippen molar-refractivity contribution in [3.05, 3.63) is 177 Å². The van der Waals surface area contributed by atoms with Crippen LogP contribution < -0.4 is 11.5 Å². The number of nitrogen functional groups attached to an aromatic ring is 2. The Kier molecular flexibility index (Phi) is 7.51. The second-order valence-electron chi connectivity index (χ2n) is 12.3. The molecule has 6 aromatic carbocycles. The molecule has 2 aliphatic rings. The molecule has 8 rings (SSSR count). The SMILES string of the molecule is CCc1cc(C2c3ccccc3-c3ccccc32)cc(CC)c1N.Cc1cc(C2c3ccccc3-c3ccccc32)ccc1N. The van der Waals surface area contributed by atoms with E-state index in [4.69, 9.17) is 11.5 Å². The van der Waals surface area contributed by atoms with E-state index in [9.17, 15) is 0 Å². The van der Waals surface area contributed by atoms with Crippen molar-refractivity contribution in [2.45, 2.75) is 45.4 Å². The van der Waals surface area contributed by atoms with Crippen molar-refractivity contribution in [3.8, 4) is 22.3 Å². The van der Waals surface area contributed by atoms with Gasteiger partial charge in [-0.1, -0.05) is 135 Å². The first-order valence-corrected chi connectivity index (χ1v) is 16.1. The van der Waals surface area contributed by atoms with E-state index in [1.807, 2.05) is 6.07 Å². The highest BCUT2D eigenvalue weighted by molar-refractivity contribution is 5.82. The Morgan fingerprint density at radius 2 is 0.844 bits per heavy atom. The maximum Gasteiger partial charge on any atom is 0.0379 e. The van der Waals surface area contributed by atoms with E-state index in [0.717, 1.165) is 29.8 Å². The fourth-order valence-electron chi connectivity index (χ4n) is 7.47. The molecular formula is C43H40N2. The molecule has 0 radical (unpaired) electrons. The molecule has 6 aromatic rings. The lowest BCUT2D eigenvalue weighted by molar-refractivity contribution is 0.985. The molecule has 0 fully saturated rings. The third-order valence-electron chi connectivity index (χ3n) is 9.76. The fourth-order valence-corrected chi connectivity index (χ4v) is 7.47. The third-order valence-corrected chi connectivity index (χ3v) is 9.76. The molecule has 0 atom stereocenters. The molecule has 222 valence electrons. The summed E-state index contributed by atoms with van der Waals surface area (Å²) in [7, 11) is 0. The number of rotatable bonds is 4. The smallest absolute Gasteiger partial charge is 0.0379 e. The molecule has 0 aromatic heterocycles. The number of aryl methyl sites for hydroxylation is 3. The molecule has 2 nitrogen and oxygen atoms in total. The van der Waals surface area contributed by atoms with Crippen LogP contribution in [0.4, 0.5) is 11.4 Å². The zero-order chi connectivity index (χ0) is 31.1. The van der Waals surface area contributed by atoms with Gasteiger partial charge in [0.05, 0.1) is 0 Å². The topological polar surface area (TPSA) is 52.0 Å². The first kappa shape index (κ1) is 28.7. The second kappa shape index (κ2) is 11.8. The van der Waals surface area contributed by atoms with E-state index in [1.165, 1.54) is 66.8 Å². The van der Waals surface area contributed by atoms with E-state index in [0.29, 0.717) is 11.8 Å². The summed E-state index contributed by atoms with van der Waals surface area (Å²) in [6, 6.07) is 46.0. The average Bonchev–Trinajstić information content (AvgIpc) is 3.60. The summed E-state index contributed by atoms with van der Waals surface area (Å²) in [5, 5.41) is 0. The largest absolute Gasteiger partial charge is 0.399 e. The molecular weight excluding hydrogens is 544 g/mol. The Bertz CT molecular complexity index is 1920. The van der Waals surface area contributed by atoms with Crippen LogP contribution in [0.2, 0.25) is 0 Å². The van der Waals surface area contributed by atoms with Gasteiger partial charge in [-0.05, 0) is 98.2 Å². The van der Waals surface area contributed by atoms with E-state index < -0.39 is 0 Å². The first-order valence-electron chi connectivity index (χ1n) is 16.1. The summed E-state index contributed by atoms with van der Waals surface area (Å²) in [6.07, 6.45) is 1.95. The van der Waals surface area contributed by atoms with Crippen molar-refractivity contribution in [1.29, 1.82) is 0 Å². The van der Waals surface area contributed by atoms with Crippen molar-refractivity contribution in [1.82, 2.24) is 0 Å². The van der Waals surface area contributed by atoms with E-state index in [2.05, 4.69) is 142 Å². The molecule has 0 spiro atoms. The van der Waals surface area contributed by atoms with Gasteiger partial charge in [0.25, 0.3) is 0 Å². The molecule has 0 saturated heterocycles. The Hall–Kier alpha value is -5.08. The van der Waals surface area contributed by atoms with E-state index in [-0.39, 0.29) is 0 Å². The lowest BCUT2D eigenvalue weighted by Gasteiger charge is -2.19. The van der Waals surface area contributed by atoms with Gasteiger partial charge < -0.3 is 11.5 Å². The number of benzene rings is 6. The summed E-state index contributed by atoms with van der Waals surface area (Å²) >= 11 is 0. The summed E-state index contributed by atoms with van der Waals surface area (Å²) in [5.41, 5.74) is 31.6. The third kappa shape index (κ3) is 4.91. The zero-order valence-electron chi connectivity index (χ0n) is 26.3. The number of fused-ring (bicyclic) bond motifs is 6. The van der Waals surface area contributed by atoms with Crippen LogP contribution in [0.15, 0.2) is 127 Å². The molecule has 0 heterocycles. The molecule has 4 N–H and O–H groups in total. The highest BCUT2D eigenvalue weighted by atomic mass is 14.6. The molecule has 0 saturated carbocycles. The molecule has 0 aliphatic heterocycles. The Morgan fingerprint density at radius 3 is 1.22 bits per heavy atom. The average molecular weight is 585 g/mol. The van der Waals surface area contributed by atoms with Gasteiger partial charge in [-0.2, -0.15) is 0 Å². The van der Waals surface area contributed by atoms with Gasteiger partial charge in [0.1, 0.15) is 0 Å². The predicted octanol–water partition coefficient (Wildman–Crippen LogP) is 10.3. The minimum atomic E-state index is 0.314. The highest BCUT2D eigenvalue weighted by Crippen LogP contribution is 2.49. The van der Waals surface area contributed by atoms with Gasteiger partial charge in [-0.3, -0.25) is 0 Å². The van der Waals surface area contributed by atoms with Crippen LogP contribution in [-0.2, 0) is 12.8 Å². The maximum absolute atomic E-state index is 6.36. The van der Waals surface area contributed by atoms with Crippen LogP contribution in [0, 0.1) is 6.92 Å². The van der Waals surface area contributed by atoms with Crippen molar-refractivity contribution >= 4 is 11.4 Å². The van der Waals surface area contributed by atoms with E-state index in [1.54, 1.807) is 0 Å². The monoisotopic (exact) mass is 584 g/mol. The summed E-state index contributed by atoms with van der Waals surface area (Å²) in [6.45, 7) is 6.45. The Labute approximate surface area is 267 Å². The summed E-state index contributed by atoms with van der Waals surface area (Å²) in [4.78, 5) is 0. The first-order chi connectivity index (χ1) is 22.0.